The van der Waals surface area contributed by atoms with Gasteiger partial charge in [-0.3, -0.25) is 0 Å². The number of hydrogen-bond donors (Lipinski definition) is 1. The van der Waals surface area contributed by atoms with Crippen LogP contribution in [0.4, 0.5) is 0 Å². The standard InChI is InChI=1S/C13H24O/c1-12(9-10-12)13(2,14)11-7-5-3-4-6-8-11/h11,14H,3-10H2,1-2H3. The molecule has 2 rings (SSSR count). The Hall–Kier alpha value is -0.0400. The maximum Gasteiger partial charge on any atom is 0.0701 e. The second-order valence-corrected chi connectivity index (χ2v) is 5.90. The summed E-state index contributed by atoms with van der Waals surface area (Å²) in [7, 11) is 0. The Morgan fingerprint density at radius 1 is 1.07 bits per heavy atom. The van der Waals surface area contributed by atoms with Crippen LogP contribution >= 0.6 is 0 Å². The van der Waals surface area contributed by atoms with Gasteiger partial charge in [-0.15, -0.1) is 0 Å². The molecule has 2 aliphatic carbocycles. The summed E-state index contributed by atoms with van der Waals surface area (Å²) in [5, 5.41) is 10.7. The zero-order chi connectivity index (χ0) is 10.2. The van der Waals surface area contributed by atoms with E-state index >= 15 is 0 Å². The van der Waals surface area contributed by atoms with Gasteiger partial charge in [-0.05, 0) is 43.9 Å². The molecule has 0 aromatic heterocycles. The van der Waals surface area contributed by atoms with Crippen LogP contribution in [0.15, 0.2) is 0 Å². The first-order valence-electron chi connectivity index (χ1n) is 6.29. The average molecular weight is 196 g/mol. The molecule has 0 heterocycles. The van der Waals surface area contributed by atoms with E-state index < -0.39 is 5.60 Å². The van der Waals surface area contributed by atoms with Gasteiger partial charge in [0.1, 0.15) is 0 Å². The van der Waals surface area contributed by atoms with E-state index in [1.165, 1.54) is 51.4 Å². The maximum absolute atomic E-state index is 10.7. The van der Waals surface area contributed by atoms with E-state index in [1.54, 1.807) is 0 Å². The molecule has 1 nitrogen and oxygen atoms in total. The monoisotopic (exact) mass is 196 g/mol. The summed E-state index contributed by atoms with van der Waals surface area (Å²) in [4.78, 5) is 0. The van der Waals surface area contributed by atoms with Crippen molar-refractivity contribution in [3.05, 3.63) is 0 Å². The minimum Gasteiger partial charge on any atom is -0.389 e. The number of rotatable bonds is 2. The molecule has 1 atom stereocenters. The van der Waals surface area contributed by atoms with E-state index in [0.29, 0.717) is 5.92 Å². The van der Waals surface area contributed by atoms with Crippen molar-refractivity contribution in [2.75, 3.05) is 0 Å². The molecule has 82 valence electrons. The second-order valence-electron chi connectivity index (χ2n) is 5.90. The minimum absolute atomic E-state index is 0.252. The normalized spacial score (nSPS) is 31.9. The predicted octanol–water partition coefficient (Wildman–Crippen LogP) is 3.51. The van der Waals surface area contributed by atoms with E-state index in [4.69, 9.17) is 0 Å². The fourth-order valence-corrected chi connectivity index (χ4v) is 3.03. The van der Waals surface area contributed by atoms with Crippen LogP contribution in [0.5, 0.6) is 0 Å². The van der Waals surface area contributed by atoms with Gasteiger partial charge in [0.05, 0.1) is 5.60 Å². The Balaban J connectivity index is 2.04. The van der Waals surface area contributed by atoms with Gasteiger partial charge in [-0.1, -0.05) is 32.6 Å². The van der Waals surface area contributed by atoms with Crippen molar-refractivity contribution in [3.8, 4) is 0 Å². The highest BCUT2D eigenvalue weighted by Gasteiger charge is 2.55. The lowest BCUT2D eigenvalue weighted by Gasteiger charge is -2.38. The molecule has 1 N–H and O–H groups in total. The van der Waals surface area contributed by atoms with Gasteiger partial charge in [-0.25, -0.2) is 0 Å². The first-order valence-corrected chi connectivity index (χ1v) is 6.29. The molecular formula is C13H24O. The van der Waals surface area contributed by atoms with Crippen molar-refractivity contribution in [2.24, 2.45) is 11.3 Å². The zero-order valence-electron chi connectivity index (χ0n) is 9.68. The molecular weight excluding hydrogens is 172 g/mol. The summed E-state index contributed by atoms with van der Waals surface area (Å²) in [6, 6.07) is 0. The van der Waals surface area contributed by atoms with Crippen LogP contribution in [-0.4, -0.2) is 10.7 Å². The number of aliphatic hydroxyl groups is 1. The third kappa shape index (κ3) is 1.71. The fourth-order valence-electron chi connectivity index (χ4n) is 3.03. The number of hydrogen-bond acceptors (Lipinski definition) is 1. The molecule has 0 aromatic carbocycles. The van der Waals surface area contributed by atoms with Gasteiger partial charge in [0.2, 0.25) is 0 Å². The molecule has 0 aromatic rings. The lowest BCUT2D eigenvalue weighted by Crippen LogP contribution is -2.42. The predicted molar refractivity (Wildman–Crippen MR) is 59.2 cm³/mol. The SMILES string of the molecule is CC1(C(C)(O)C2CCCCCC2)CC1. The minimum atomic E-state index is -0.392. The molecule has 14 heavy (non-hydrogen) atoms. The molecule has 1 unspecified atom stereocenters. The highest BCUT2D eigenvalue weighted by molar-refractivity contribution is 5.06. The zero-order valence-corrected chi connectivity index (χ0v) is 9.68. The van der Waals surface area contributed by atoms with Gasteiger partial charge in [-0.2, -0.15) is 0 Å². The van der Waals surface area contributed by atoms with Crippen LogP contribution in [0.1, 0.15) is 65.2 Å². The van der Waals surface area contributed by atoms with Gasteiger partial charge < -0.3 is 5.11 Å². The summed E-state index contributed by atoms with van der Waals surface area (Å²) in [5.74, 6) is 0.567. The fraction of sp³-hybridized carbons (Fsp3) is 1.00. The molecule has 0 amide bonds. The third-order valence-electron chi connectivity index (χ3n) is 4.87. The molecule has 2 saturated carbocycles. The Kier molecular flexibility index (Phi) is 2.63. The lowest BCUT2D eigenvalue weighted by molar-refractivity contribution is -0.0654. The molecule has 0 bridgehead atoms. The van der Waals surface area contributed by atoms with Crippen LogP contribution in [0.25, 0.3) is 0 Å². The molecule has 2 fully saturated rings. The molecule has 0 saturated heterocycles. The van der Waals surface area contributed by atoms with Gasteiger partial charge >= 0.3 is 0 Å². The van der Waals surface area contributed by atoms with Gasteiger partial charge in [0.25, 0.3) is 0 Å². The topological polar surface area (TPSA) is 20.2 Å². The van der Waals surface area contributed by atoms with Crippen molar-refractivity contribution < 1.29 is 5.11 Å². The van der Waals surface area contributed by atoms with E-state index in [9.17, 15) is 5.11 Å². The van der Waals surface area contributed by atoms with Gasteiger partial charge in [0.15, 0.2) is 0 Å². The van der Waals surface area contributed by atoms with Crippen LogP contribution in [-0.2, 0) is 0 Å². The van der Waals surface area contributed by atoms with Crippen molar-refractivity contribution in [1.29, 1.82) is 0 Å². The largest absolute Gasteiger partial charge is 0.389 e. The van der Waals surface area contributed by atoms with E-state index in [-0.39, 0.29) is 5.41 Å². The quantitative estimate of drug-likeness (QED) is 0.670. The average Bonchev–Trinajstić information content (AvgIpc) is 2.89. The molecule has 0 aliphatic heterocycles. The smallest absolute Gasteiger partial charge is 0.0701 e. The van der Waals surface area contributed by atoms with Crippen molar-refractivity contribution >= 4 is 0 Å². The first-order chi connectivity index (χ1) is 6.56. The summed E-state index contributed by atoms with van der Waals surface area (Å²) in [6.45, 7) is 4.36. The van der Waals surface area contributed by atoms with Crippen molar-refractivity contribution in [2.45, 2.75) is 70.8 Å². The Morgan fingerprint density at radius 2 is 1.57 bits per heavy atom. The highest BCUT2D eigenvalue weighted by Crippen LogP contribution is 2.57. The van der Waals surface area contributed by atoms with Crippen molar-refractivity contribution in [1.82, 2.24) is 0 Å². The summed E-state index contributed by atoms with van der Waals surface area (Å²) >= 11 is 0. The van der Waals surface area contributed by atoms with E-state index in [2.05, 4.69) is 13.8 Å². The Morgan fingerprint density at radius 3 is 2.00 bits per heavy atom. The lowest BCUT2D eigenvalue weighted by atomic mass is 9.73. The molecule has 0 spiro atoms. The molecule has 2 aliphatic rings. The summed E-state index contributed by atoms with van der Waals surface area (Å²) in [5.41, 5.74) is -0.140. The van der Waals surface area contributed by atoms with Crippen LogP contribution < -0.4 is 0 Å². The van der Waals surface area contributed by atoms with Crippen LogP contribution in [0.3, 0.4) is 0 Å². The molecule has 0 radical (unpaired) electrons. The van der Waals surface area contributed by atoms with Gasteiger partial charge in [0, 0.05) is 0 Å². The van der Waals surface area contributed by atoms with Crippen LogP contribution in [0, 0.1) is 11.3 Å². The first kappa shape index (κ1) is 10.5. The summed E-state index contributed by atoms with van der Waals surface area (Å²) < 4.78 is 0. The second kappa shape index (κ2) is 3.52. The van der Waals surface area contributed by atoms with Crippen LogP contribution in [0.2, 0.25) is 0 Å². The highest BCUT2D eigenvalue weighted by atomic mass is 16.3. The van der Waals surface area contributed by atoms with E-state index in [0.717, 1.165) is 0 Å². The maximum atomic E-state index is 10.7. The third-order valence-corrected chi connectivity index (χ3v) is 4.87. The Bertz CT molecular complexity index is 195. The Labute approximate surface area is 87.9 Å². The summed E-state index contributed by atoms with van der Waals surface area (Å²) in [6.07, 6.45) is 10.4. The molecule has 1 heteroatoms. The van der Waals surface area contributed by atoms with Crippen molar-refractivity contribution in [3.63, 3.8) is 0 Å². The van der Waals surface area contributed by atoms with E-state index in [1.807, 2.05) is 0 Å².